The van der Waals surface area contributed by atoms with Crippen molar-refractivity contribution in [3.8, 4) is 0 Å². The molecule has 2 amide bonds. The van der Waals surface area contributed by atoms with Crippen molar-refractivity contribution in [2.75, 3.05) is 25.0 Å². The summed E-state index contributed by atoms with van der Waals surface area (Å²) in [5.41, 5.74) is 0.493. The molecule has 1 atom stereocenters. The molecule has 1 heterocycles. The predicted molar refractivity (Wildman–Crippen MR) is 71.6 cm³/mol. The van der Waals surface area contributed by atoms with Gasteiger partial charge < -0.3 is 15.0 Å². The van der Waals surface area contributed by atoms with Crippen molar-refractivity contribution in [2.24, 2.45) is 0 Å². The molecule has 1 aromatic carbocycles. The van der Waals surface area contributed by atoms with Crippen molar-refractivity contribution in [1.29, 1.82) is 0 Å². The van der Waals surface area contributed by atoms with Crippen LogP contribution in [0.25, 0.3) is 0 Å². The third-order valence-electron chi connectivity index (χ3n) is 3.15. The standard InChI is InChI=1S/C14H17FN2O3/c1-2-17-7-8-20-12(14(17)19)9-13(18)16-11-5-3-10(15)4-6-11/h3-6,12H,2,7-9H2,1H3,(H,16,18)/t12-/m1/s1. The fourth-order valence-electron chi connectivity index (χ4n) is 2.06. The van der Waals surface area contributed by atoms with Gasteiger partial charge in [0.15, 0.2) is 0 Å². The molecule has 1 N–H and O–H groups in total. The zero-order valence-electron chi connectivity index (χ0n) is 11.3. The number of carbonyl (C=O) groups excluding carboxylic acids is 2. The summed E-state index contributed by atoms with van der Waals surface area (Å²) in [6.07, 6.45) is -0.767. The van der Waals surface area contributed by atoms with E-state index in [2.05, 4.69) is 5.32 Å². The van der Waals surface area contributed by atoms with Crippen LogP contribution in [0.2, 0.25) is 0 Å². The van der Waals surface area contributed by atoms with Crippen LogP contribution in [0.15, 0.2) is 24.3 Å². The van der Waals surface area contributed by atoms with Crippen molar-refractivity contribution in [3.63, 3.8) is 0 Å². The van der Waals surface area contributed by atoms with Crippen LogP contribution in [0, 0.1) is 5.82 Å². The lowest BCUT2D eigenvalue weighted by Crippen LogP contribution is -2.48. The number of rotatable bonds is 4. The number of halogens is 1. The minimum Gasteiger partial charge on any atom is -0.366 e. The molecular formula is C14H17FN2O3. The minimum atomic E-state index is -0.732. The maximum atomic E-state index is 12.7. The van der Waals surface area contributed by atoms with Gasteiger partial charge in [-0.1, -0.05) is 0 Å². The van der Waals surface area contributed by atoms with Crippen LogP contribution in [-0.4, -0.2) is 42.5 Å². The van der Waals surface area contributed by atoms with Crippen LogP contribution in [0.3, 0.4) is 0 Å². The summed E-state index contributed by atoms with van der Waals surface area (Å²) in [6, 6.07) is 5.46. The van der Waals surface area contributed by atoms with Gasteiger partial charge in [0.25, 0.3) is 5.91 Å². The summed E-state index contributed by atoms with van der Waals surface area (Å²) in [4.78, 5) is 25.5. The maximum absolute atomic E-state index is 12.7. The van der Waals surface area contributed by atoms with Gasteiger partial charge >= 0.3 is 0 Å². The van der Waals surface area contributed by atoms with Crippen molar-refractivity contribution in [1.82, 2.24) is 4.90 Å². The molecule has 1 aliphatic rings. The van der Waals surface area contributed by atoms with Gasteiger partial charge in [0.1, 0.15) is 11.9 Å². The van der Waals surface area contributed by atoms with Crippen LogP contribution in [0.5, 0.6) is 0 Å². The lowest BCUT2D eigenvalue weighted by atomic mass is 10.1. The summed E-state index contributed by atoms with van der Waals surface area (Å²) in [5.74, 6) is -0.853. The molecule has 0 aliphatic carbocycles. The average molecular weight is 280 g/mol. The SMILES string of the molecule is CCN1CCO[C@H](CC(=O)Nc2ccc(F)cc2)C1=O. The summed E-state index contributed by atoms with van der Waals surface area (Å²) < 4.78 is 18.1. The smallest absolute Gasteiger partial charge is 0.252 e. The summed E-state index contributed by atoms with van der Waals surface area (Å²) in [6.45, 7) is 3.50. The second kappa shape index (κ2) is 6.47. The van der Waals surface area contributed by atoms with E-state index in [-0.39, 0.29) is 24.1 Å². The Morgan fingerprint density at radius 1 is 1.45 bits per heavy atom. The van der Waals surface area contributed by atoms with Gasteiger partial charge in [-0.05, 0) is 31.2 Å². The highest BCUT2D eigenvalue weighted by molar-refractivity contribution is 5.95. The number of hydrogen-bond acceptors (Lipinski definition) is 3. The van der Waals surface area contributed by atoms with Gasteiger partial charge in [-0.2, -0.15) is 0 Å². The largest absolute Gasteiger partial charge is 0.366 e. The number of amides is 2. The summed E-state index contributed by atoms with van der Waals surface area (Å²) >= 11 is 0. The normalized spacial score (nSPS) is 19.0. The van der Waals surface area contributed by atoms with Crippen LogP contribution in [0.1, 0.15) is 13.3 Å². The fourth-order valence-corrected chi connectivity index (χ4v) is 2.06. The Morgan fingerprint density at radius 2 is 2.15 bits per heavy atom. The molecule has 0 saturated carbocycles. The number of benzene rings is 1. The lowest BCUT2D eigenvalue weighted by Gasteiger charge is -2.31. The number of anilines is 1. The van der Waals surface area contributed by atoms with E-state index in [9.17, 15) is 14.0 Å². The Hall–Kier alpha value is -1.95. The molecule has 1 aliphatic heterocycles. The number of hydrogen-bond donors (Lipinski definition) is 1. The van der Waals surface area contributed by atoms with E-state index in [0.29, 0.717) is 25.4 Å². The molecular weight excluding hydrogens is 263 g/mol. The first-order valence-corrected chi connectivity index (χ1v) is 6.56. The third-order valence-corrected chi connectivity index (χ3v) is 3.15. The van der Waals surface area contributed by atoms with Crippen molar-refractivity contribution < 1.29 is 18.7 Å². The van der Waals surface area contributed by atoms with E-state index in [4.69, 9.17) is 4.74 Å². The third kappa shape index (κ3) is 3.54. The number of likely N-dealkylation sites (N-methyl/N-ethyl adjacent to an activating group) is 1. The molecule has 0 aromatic heterocycles. The molecule has 0 spiro atoms. The number of carbonyl (C=O) groups is 2. The molecule has 1 saturated heterocycles. The number of nitrogens with one attached hydrogen (secondary N) is 1. The van der Waals surface area contributed by atoms with Crippen LogP contribution >= 0.6 is 0 Å². The number of morpholine rings is 1. The maximum Gasteiger partial charge on any atom is 0.252 e. The number of ether oxygens (including phenoxy) is 1. The molecule has 5 nitrogen and oxygen atoms in total. The highest BCUT2D eigenvalue weighted by atomic mass is 19.1. The Kier molecular flexibility index (Phi) is 4.68. The predicted octanol–water partition coefficient (Wildman–Crippen LogP) is 1.40. The Balaban J connectivity index is 1.90. The van der Waals surface area contributed by atoms with E-state index in [1.54, 1.807) is 4.90 Å². The van der Waals surface area contributed by atoms with E-state index < -0.39 is 6.10 Å². The molecule has 0 radical (unpaired) electrons. The van der Waals surface area contributed by atoms with Gasteiger partial charge in [-0.3, -0.25) is 9.59 Å². The highest BCUT2D eigenvalue weighted by Gasteiger charge is 2.30. The number of nitrogens with zero attached hydrogens (tertiary/aromatic N) is 1. The van der Waals surface area contributed by atoms with Gasteiger partial charge in [0.05, 0.1) is 13.0 Å². The average Bonchev–Trinajstić information content (AvgIpc) is 2.44. The monoisotopic (exact) mass is 280 g/mol. The van der Waals surface area contributed by atoms with E-state index >= 15 is 0 Å². The molecule has 2 rings (SSSR count). The fraction of sp³-hybridized carbons (Fsp3) is 0.429. The van der Waals surface area contributed by atoms with Crippen molar-refractivity contribution in [2.45, 2.75) is 19.4 Å². The summed E-state index contributed by atoms with van der Waals surface area (Å²) in [7, 11) is 0. The van der Waals surface area contributed by atoms with Crippen LogP contribution < -0.4 is 5.32 Å². The first-order valence-electron chi connectivity index (χ1n) is 6.56. The highest BCUT2D eigenvalue weighted by Crippen LogP contribution is 2.13. The molecule has 108 valence electrons. The van der Waals surface area contributed by atoms with E-state index in [0.717, 1.165) is 0 Å². The van der Waals surface area contributed by atoms with Gasteiger partial charge in [0.2, 0.25) is 5.91 Å². The Labute approximate surface area is 116 Å². The summed E-state index contributed by atoms with van der Waals surface area (Å²) in [5, 5.41) is 2.61. The molecule has 0 unspecified atom stereocenters. The topological polar surface area (TPSA) is 58.6 Å². The van der Waals surface area contributed by atoms with E-state index in [1.807, 2.05) is 6.92 Å². The van der Waals surface area contributed by atoms with Gasteiger partial charge in [0, 0.05) is 18.8 Å². The molecule has 1 fully saturated rings. The minimum absolute atomic E-state index is 0.0350. The van der Waals surface area contributed by atoms with Gasteiger partial charge in [-0.25, -0.2) is 4.39 Å². The molecule has 20 heavy (non-hydrogen) atoms. The van der Waals surface area contributed by atoms with Crippen molar-refractivity contribution >= 4 is 17.5 Å². The van der Waals surface area contributed by atoms with E-state index in [1.165, 1.54) is 24.3 Å². The van der Waals surface area contributed by atoms with Gasteiger partial charge in [-0.15, -0.1) is 0 Å². The van der Waals surface area contributed by atoms with Crippen LogP contribution in [-0.2, 0) is 14.3 Å². The molecule has 6 heteroatoms. The Bertz CT molecular complexity index is 490. The second-order valence-corrected chi connectivity index (χ2v) is 4.54. The quantitative estimate of drug-likeness (QED) is 0.907. The Morgan fingerprint density at radius 3 is 2.80 bits per heavy atom. The molecule has 0 bridgehead atoms. The zero-order valence-corrected chi connectivity index (χ0v) is 11.3. The van der Waals surface area contributed by atoms with Crippen LogP contribution in [0.4, 0.5) is 10.1 Å². The second-order valence-electron chi connectivity index (χ2n) is 4.54. The first-order chi connectivity index (χ1) is 9.60. The zero-order chi connectivity index (χ0) is 14.5. The van der Waals surface area contributed by atoms with Crippen molar-refractivity contribution in [3.05, 3.63) is 30.1 Å². The lowest BCUT2D eigenvalue weighted by molar-refractivity contribution is -0.154. The first kappa shape index (κ1) is 14.5. The molecule has 1 aromatic rings.